The Bertz CT molecular complexity index is 1190. The van der Waals surface area contributed by atoms with Crippen LogP contribution in [-0.2, 0) is 13.0 Å². The average molecular weight is 464 g/mol. The van der Waals surface area contributed by atoms with Crippen LogP contribution in [0.1, 0.15) is 53.9 Å². The molecule has 33 heavy (non-hydrogen) atoms. The van der Waals surface area contributed by atoms with Gasteiger partial charge in [0.1, 0.15) is 0 Å². The van der Waals surface area contributed by atoms with E-state index in [1.165, 1.54) is 5.57 Å². The number of hydrogen-bond acceptors (Lipinski definition) is 4. The maximum absolute atomic E-state index is 12.8. The molecule has 0 aromatic carbocycles. The molecule has 3 aromatic rings. The summed E-state index contributed by atoms with van der Waals surface area (Å²) in [4.78, 5) is 25.7. The predicted molar refractivity (Wildman–Crippen MR) is 135 cm³/mol. The molecule has 0 radical (unpaired) electrons. The zero-order valence-electron chi connectivity index (χ0n) is 19.4. The number of allylic oxidation sites excluding steroid dienone is 3. The van der Waals surface area contributed by atoms with Gasteiger partial charge in [-0.05, 0) is 56.0 Å². The number of halogens is 1. The van der Waals surface area contributed by atoms with Gasteiger partial charge in [0.05, 0.1) is 23.1 Å². The number of hydrogen-bond donors (Lipinski definition) is 1. The van der Waals surface area contributed by atoms with Gasteiger partial charge in [-0.3, -0.25) is 14.8 Å². The zero-order chi connectivity index (χ0) is 23.6. The molecule has 3 heterocycles. The SMILES string of the molecule is C/C=C(/Cl)C=NCC/C=C(\CC)Cc1cc(C(=O)NCc2cn3cncc3cc2C)ccn1. The molecule has 0 aliphatic rings. The Balaban J connectivity index is 1.59. The van der Waals surface area contributed by atoms with Crippen molar-refractivity contribution in [3.8, 4) is 0 Å². The number of aryl methyl sites for hydroxylation is 1. The minimum atomic E-state index is -0.110. The number of aromatic nitrogens is 3. The predicted octanol–water partition coefficient (Wildman–Crippen LogP) is 5.45. The van der Waals surface area contributed by atoms with Gasteiger partial charge >= 0.3 is 0 Å². The van der Waals surface area contributed by atoms with Crippen molar-refractivity contribution in [1.29, 1.82) is 0 Å². The highest BCUT2D eigenvalue weighted by molar-refractivity contribution is 6.39. The standard InChI is InChI=1S/C26H30ClN5O/c1-4-20(7-6-9-28-15-23(27)5-2)12-24-13-21(8-10-30-24)26(33)31-14-22-17-32-18-29-16-25(32)11-19(22)3/h5,7-8,10-11,13,15-18H,4,6,9,12,14H2,1-3H3,(H,31,33)/b20-7+,23-5+,28-15?. The van der Waals surface area contributed by atoms with E-state index in [0.717, 1.165) is 35.2 Å². The summed E-state index contributed by atoms with van der Waals surface area (Å²) >= 11 is 5.92. The molecule has 0 spiro atoms. The van der Waals surface area contributed by atoms with Crippen LogP contribution in [0.4, 0.5) is 0 Å². The van der Waals surface area contributed by atoms with E-state index in [1.807, 2.05) is 42.8 Å². The molecular weight excluding hydrogens is 434 g/mol. The molecule has 0 bridgehead atoms. The van der Waals surface area contributed by atoms with Crippen LogP contribution in [0.3, 0.4) is 0 Å². The van der Waals surface area contributed by atoms with Crippen molar-refractivity contribution in [2.24, 2.45) is 4.99 Å². The third kappa shape index (κ3) is 7.12. The number of carbonyl (C=O) groups is 1. The minimum Gasteiger partial charge on any atom is -0.348 e. The van der Waals surface area contributed by atoms with Crippen molar-refractivity contribution < 1.29 is 4.79 Å². The van der Waals surface area contributed by atoms with Crippen LogP contribution in [0.2, 0.25) is 0 Å². The second-order valence-corrected chi connectivity index (χ2v) is 8.25. The summed E-state index contributed by atoms with van der Waals surface area (Å²) in [6.45, 7) is 7.19. The highest BCUT2D eigenvalue weighted by Gasteiger charge is 2.09. The Kier molecular flexibility index (Phi) is 8.95. The van der Waals surface area contributed by atoms with Crippen molar-refractivity contribution in [3.05, 3.63) is 88.3 Å². The third-order valence-corrected chi connectivity index (χ3v) is 5.74. The van der Waals surface area contributed by atoms with E-state index in [4.69, 9.17) is 11.6 Å². The smallest absolute Gasteiger partial charge is 0.251 e. The largest absolute Gasteiger partial charge is 0.348 e. The van der Waals surface area contributed by atoms with Crippen LogP contribution in [0, 0.1) is 6.92 Å². The first-order valence-electron chi connectivity index (χ1n) is 11.1. The molecule has 3 rings (SSSR count). The number of pyridine rings is 2. The van der Waals surface area contributed by atoms with Gasteiger partial charge < -0.3 is 9.72 Å². The topological polar surface area (TPSA) is 71.7 Å². The number of carbonyl (C=O) groups excluding carboxylic acids is 1. The minimum absolute atomic E-state index is 0.110. The molecule has 0 aliphatic heterocycles. The first-order valence-corrected chi connectivity index (χ1v) is 11.5. The van der Waals surface area contributed by atoms with Gasteiger partial charge in [0.2, 0.25) is 0 Å². The van der Waals surface area contributed by atoms with Gasteiger partial charge in [-0.2, -0.15) is 0 Å². The lowest BCUT2D eigenvalue weighted by atomic mass is 10.0. The Morgan fingerprint density at radius 2 is 2.18 bits per heavy atom. The quantitative estimate of drug-likeness (QED) is 0.247. The van der Waals surface area contributed by atoms with Crippen molar-refractivity contribution in [3.63, 3.8) is 0 Å². The molecule has 0 saturated heterocycles. The lowest BCUT2D eigenvalue weighted by Crippen LogP contribution is -2.23. The fraction of sp³-hybridized carbons (Fsp3) is 0.308. The van der Waals surface area contributed by atoms with E-state index >= 15 is 0 Å². The van der Waals surface area contributed by atoms with Gasteiger partial charge in [0.15, 0.2) is 0 Å². The third-order valence-electron chi connectivity index (χ3n) is 5.42. The number of nitrogens with one attached hydrogen (secondary N) is 1. The van der Waals surface area contributed by atoms with Crippen LogP contribution in [0.15, 0.2) is 70.9 Å². The lowest BCUT2D eigenvalue weighted by molar-refractivity contribution is 0.0950. The van der Waals surface area contributed by atoms with Gasteiger partial charge in [-0.15, -0.1) is 0 Å². The number of fused-ring (bicyclic) bond motifs is 1. The van der Waals surface area contributed by atoms with Crippen molar-refractivity contribution in [2.75, 3.05) is 6.54 Å². The average Bonchev–Trinajstić information content (AvgIpc) is 3.28. The van der Waals surface area contributed by atoms with Crippen molar-refractivity contribution in [2.45, 2.75) is 46.6 Å². The molecule has 172 valence electrons. The fourth-order valence-electron chi connectivity index (χ4n) is 3.44. The Morgan fingerprint density at radius 3 is 2.97 bits per heavy atom. The van der Waals surface area contributed by atoms with Crippen LogP contribution >= 0.6 is 11.6 Å². The van der Waals surface area contributed by atoms with E-state index in [9.17, 15) is 4.79 Å². The Labute approximate surface area is 200 Å². The van der Waals surface area contributed by atoms with Gasteiger partial charge in [0, 0.05) is 49.4 Å². The normalized spacial score (nSPS) is 12.6. The molecular formula is C26H30ClN5O. The van der Waals surface area contributed by atoms with Crippen LogP contribution in [0.5, 0.6) is 0 Å². The summed E-state index contributed by atoms with van der Waals surface area (Å²) in [6, 6.07) is 5.69. The van der Waals surface area contributed by atoms with Crippen molar-refractivity contribution >= 4 is 29.2 Å². The first kappa shape index (κ1) is 24.4. The molecule has 7 heteroatoms. The van der Waals surface area contributed by atoms with Crippen LogP contribution in [0.25, 0.3) is 5.52 Å². The number of nitrogens with zero attached hydrogens (tertiary/aromatic N) is 4. The molecule has 6 nitrogen and oxygen atoms in total. The fourth-order valence-corrected chi connectivity index (χ4v) is 3.51. The van der Waals surface area contributed by atoms with E-state index < -0.39 is 0 Å². The molecule has 0 saturated carbocycles. The monoisotopic (exact) mass is 463 g/mol. The summed E-state index contributed by atoms with van der Waals surface area (Å²) in [5.41, 5.74) is 5.98. The highest BCUT2D eigenvalue weighted by atomic mass is 35.5. The number of imidazole rings is 1. The van der Waals surface area contributed by atoms with Gasteiger partial charge in [0.25, 0.3) is 5.91 Å². The van der Waals surface area contributed by atoms with Gasteiger partial charge in [-0.25, -0.2) is 4.98 Å². The summed E-state index contributed by atoms with van der Waals surface area (Å²) in [7, 11) is 0. The molecule has 1 amide bonds. The molecule has 0 aliphatic carbocycles. The summed E-state index contributed by atoms with van der Waals surface area (Å²) in [5, 5.41) is 3.67. The van der Waals surface area contributed by atoms with Crippen LogP contribution < -0.4 is 5.32 Å². The second kappa shape index (κ2) is 12.1. The maximum Gasteiger partial charge on any atom is 0.251 e. The molecule has 0 fully saturated rings. The summed E-state index contributed by atoms with van der Waals surface area (Å²) in [5.74, 6) is -0.110. The Morgan fingerprint density at radius 1 is 1.33 bits per heavy atom. The van der Waals surface area contributed by atoms with E-state index in [-0.39, 0.29) is 5.91 Å². The molecule has 0 unspecified atom stereocenters. The number of rotatable bonds is 10. The van der Waals surface area contributed by atoms with Crippen LogP contribution in [-0.4, -0.2) is 33.0 Å². The molecule has 0 atom stereocenters. The number of amides is 1. The number of aliphatic imine (C=N–C) groups is 1. The summed E-state index contributed by atoms with van der Waals surface area (Å²) < 4.78 is 1.96. The Hall–Kier alpha value is -3.25. The molecule has 3 aromatic heterocycles. The van der Waals surface area contributed by atoms with Crippen molar-refractivity contribution in [1.82, 2.24) is 19.7 Å². The van der Waals surface area contributed by atoms with E-state index in [2.05, 4.69) is 39.3 Å². The molecule has 1 N–H and O–H groups in total. The first-order chi connectivity index (χ1) is 16.0. The van der Waals surface area contributed by atoms with E-state index in [1.54, 1.807) is 24.8 Å². The second-order valence-electron chi connectivity index (χ2n) is 7.82. The van der Waals surface area contributed by atoms with E-state index in [0.29, 0.717) is 30.1 Å². The van der Waals surface area contributed by atoms with Gasteiger partial charge in [-0.1, -0.05) is 36.2 Å². The maximum atomic E-state index is 12.8. The lowest BCUT2D eigenvalue weighted by Gasteiger charge is -2.10. The zero-order valence-corrected chi connectivity index (χ0v) is 20.1. The highest BCUT2D eigenvalue weighted by Crippen LogP contribution is 2.14. The summed E-state index contributed by atoms with van der Waals surface area (Å²) in [6.07, 6.45) is 15.5.